The molecule has 0 saturated heterocycles. The zero-order valence-electron chi connectivity index (χ0n) is 12.6. The van der Waals surface area contributed by atoms with Crippen LogP contribution in [0, 0.1) is 0 Å². The van der Waals surface area contributed by atoms with E-state index in [1.165, 1.54) is 0 Å². The maximum absolute atomic E-state index is 12.4. The second-order valence-electron chi connectivity index (χ2n) is 4.70. The van der Waals surface area contributed by atoms with Gasteiger partial charge in [0.25, 0.3) is 5.91 Å². The van der Waals surface area contributed by atoms with Gasteiger partial charge in [-0.3, -0.25) is 4.79 Å². The summed E-state index contributed by atoms with van der Waals surface area (Å²) >= 11 is 0. The fourth-order valence-corrected chi connectivity index (χ4v) is 2.06. The lowest BCUT2D eigenvalue weighted by atomic mass is 10.0. The number of benzene rings is 2. The molecule has 0 aromatic heterocycles. The topological polar surface area (TPSA) is 38.3 Å². The summed E-state index contributed by atoms with van der Waals surface area (Å²) in [4.78, 5) is 12.4. The van der Waals surface area contributed by atoms with Gasteiger partial charge >= 0.3 is 0 Å². The summed E-state index contributed by atoms with van der Waals surface area (Å²) in [6, 6.07) is 17.2. The Hall–Kier alpha value is -2.81. The van der Waals surface area contributed by atoms with Crippen LogP contribution in [0.1, 0.15) is 11.1 Å². The van der Waals surface area contributed by atoms with Crippen molar-refractivity contribution in [2.24, 2.45) is 0 Å². The second-order valence-corrected chi connectivity index (χ2v) is 4.70. The van der Waals surface area contributed by atoms with E-state index in [0.29, 0.717) is 12.1 Å². The summed E-state index contributed by atoms with van der Waals surface area (Å²) in [5.41, 5.74) is 2.38. The van der Waals surface area contributed by atoms with Gasteiger partial charge in [0, 0.05) is 12.1 Å². The molecule has 2 aromatic rings. The van der Waals surface area contributed by atoms with Crippen molar-refractivity contribution < 1.29 is 9.53 Å². The van der Waals surface area contributed by atoms with Crippen LogP contribution >= 0.6 is 0 Å². The van der Waals surface area contributed by atoms with Crippen molar-refractivity contribution in [3.05, 3.63) is 78.4 Å². The summed E-state index contributed by atoms with van der Waals surface area (Å²) in [6.07, 6.45) is 3.52. The molecule has 112 valence electrons. The average molecular weight is 293 g/mol. The number of ether oxygens (including phenoxy) is 1. The summed E-state index contributed by atoms with van der Waals surface area (Å²) in [5.74, 6) is 0.626. The maximum atomic E-state index is 12.4. The lowest BCUT2D eigenvalue weighted by Gasteiger charge is -2.09. The van der Waals surface area contributed by atoms with Crippen molar-refractivity contribution in [3.8, 4) is 5.75 Å². The average Bonchev–Trinajstić information content (AvgIpc) is 2.58. The zero-order chi connectivity index (χ0) is 15.8. The highest BCUT2D eigenvalue weighted by Crippen LogP contribution is 2.21. The molecule has 2 rings (SSSR count). The van der Waals surface area contributed by atoms with Crippen molar-refractivity contribution in [2.45, 2.75) is 0 Å². The van der Waals surface area contributed by atoms with E-state index in [1.54, 1.807) is 13.2 Å². The Morgan fingerprint density at radius 1 is 1.18 bits per heavy atom. The minimum absolute atomic E-state index is 0.131. The number of rotatable bonds is 6. The lowest BCUT2D eigenvalue weighted by molar-refractivity contribution is -0.115. The lowest BCUT2D eigenvalue weighted by Crippen LogP contribution is -2.24. The first-order valence-corrected chi connectivity index (χ1v) is 7.05. The van der Waals surface area contributed by atoms with Crippen LogP contribution in [0.5, 0.6) is 5.75 Å². The second kappa shape index (κ2) is 7.84. The molecule has 0 heterocycles. The van der Waals surface area contributed by atoms with Crippen molar-refractivity contribution in [1.82, 2.24) is 5.32 Å². The minimum Gasteiger partial charge on any atom is -0.497 e. The highest BCUT2D eigenvalue weighted by atomic mass is 16.5. The monoisotopic (exact) mass is 293 g/mol. The first-order valence-electron chi connectivity index (χ1n) is 7.05. The number of carbonyl (C=O) groups excluding carboxylic acids is 1. The maximum Gasteiger partial charge on any atom is 0.252 e. The Balaban J connectivity index is 2.40. The van der Waals surface area contributed by atoms with Crippen LogP contribution in [0.4, 0.5) is 0 Å². The van der Waals surface area contributed by atoms with Gasteiger partial charge in [-0.1, -0.05) is 48.5 Å². The molecule has 1 N–H and O–H groups in total. The normalized spacial score (nSPS) is 10.9. The van der Waals surface area contributed by atoms with E-state index in [0.717, 1.165) is 16.9 Å². The van der Waals surface area contributed by atoms with E-state index in [9.17, 15) is 4.79 Å². The van der Waals surface area contributed by atoms with Gasteiger partial charge in [-0.2, -0.15) is 0 Å². The SMILES string of the molecule is C=CCNC(=O)/C(=C\c1cccc(OC)c1)c1ccccc1. The summed E-state index contributed by atoms with van der Waals surface area (Å²) in [7, 11) is 1.62. The molecular formula is C19H19NO2. The van der Waals surface area contributed by atoms with Gasteiger partial charge < -0.3 is 10.1 Å². The van der Waals surface area contributed by atoms with Gasteiger partial charge in [0.05, 0.1) is 7.11 Å². The van der Waals surface area contributed by atoms with Crippen LogP contribution in [0.2, 0.25) is 0 Å². The molecular weight excluding hydrogens is 274 g/mol. The van der Waals surface area contributed by atoms with Crippen LogP contribution in [-0.2, 0) is 4.79 Å². The molecule has 0 radical (unpaired) electrons. The molecule has 0 aliphatic carbocycles. The number of methoxy groups -OCH3 is 1. The van der Waals surface area contributed by atoms with Crippen LogP contribution in [-0.4, -0.2) is 19.6 Å². The van der Waals surface area contributed by atoms with Gasteiger partial charge in [0.2, 0.25) is 0 Å². The van der Waals surface area contributed by atoms with Crippen molar-refractivity contribution in [1.29, 1.82) is 0 Å². The Labute approximate surface area is 130 Å². The smallest absolute Gasteiger partial charge is 0.252 e. The molecule has 3 heteroatoms. The third kappa shape index (κ3) is 4.09. The molecule has 0 spiro atoms. The van der Waals surface area contributed by atoms with E-state index >= 15 is 0 Å². The highest BCUT2D eigenvalue weighted by Gasteiger charge is 2.11. The van der Waals surface area contributed by atoms with Crippen molar-refractivity contribution in [2.75, 3.05) is 13.7 Å². The Bertz CT molecular complexity index is 675. The molecule has 0 aliphatic rings. The minimum atomic E-state index is -0.131. The van der Waals surface area contributed by atoms with Gasteiger partial charge in [-0.15, -0.1) is 6.58 Å². The quantitative estimate of drug-likeness (QED) is 0.502. The first kappa shape index (κ1) is 15.6. The first-order chi connectivity index (χ1) is 10.7. The number of carbonyl (C=O) groups is 1. The summed E-state index contributed by atoms with van der Waals surface area (Å²) in [5, 5.41) is 2.82. The van der Waals surface area contributed by atoms with E-state index in [2.05, 4.69) is 11.9 Å². The highest BCUT2D eigenvalue weighted by molar-refractivity contribution is 6.24. The predicted molar refractivity (Wildman–Crippen MR) is 90.5 cm³/mol. The Kier molecular flexibility index (Phi) is 5.55. The van der Waals surface area contributed by atoms with Gasteiger partial charge in [0.1, 0.15) is 5.75 Å². The molecule has 22 heavy (non-hydrogen) atoms. The number of hydrogen-bond donors (Lipinski definition) is 1. The zero-order valence-corrected chi connectivity index (χ0v) is 12.6. The van der Waals surface area contributed by atoms with Gasteiger partial charge in [0.15, 0.2) is 0 Å². The molecule has 0 aliphatic heterocycles. The van der Waals surface area contributed by atoms with E-state index in [-0.39, 0.29) is 5.91 Å². The Morgan fingerprint density at radius 2 is 1.95 bits per heavy atom. The molecule has 1 amide bonds. The van der Waals surface area contributed by atoms with E-state index in [4.69, 9.17) is 4.74 Å². The number of amides is 1. The fourth-order valence-electron chi connectivity index (χ4n) is 2.06. The van der Waals surface area contributed by atoms with Gasteiger partial charge in [-0.25, -0.2) is 0 Å². The fraction of sp³-hybridized carbons (Fsp3) is 0.105. The van der Waals surface area contributed by atoms with Crippen LogP contribution < -0.4 is 10.1 Å². The van der Waals surface area contributed by atoms with Crippen LogP contribution in [0.25, 0.3) is 11.6 Å². The van der Waals surface area contributed by atoms with Crippen molar-refractivity contribution >= 4 is 17.6 Å². The standard InChI is InChI=1S/C19H19NO2/c1-3-12-20-19(21)18(16-9-5-4-6-10-16)14-15-8-7-11-17(13-15)22-2/h3-11,13-14H,1,12H2,2H3,(H,20,21)/b18-14-. The predicted octanol–water partition coefficient (Wildman–Crippen LogP) is 3.54. The molecule has 3 nitrogen and oxygen atoms in total. The Morgan fingerprint density at radius 3 is 2.64 bits per heavy atom. The summed E-state index contributed by atoms with van der Waals surface area (Å²) < 4.78 is 5.22. The third-order valence-electron chi connectivity index (χ3n) is 3.14. The van der Waals surface area contributed by atoms with E-state index in [1.807, 2.05) is 60.7 Å². The molecule has 0 fully saturated rings. The van der Waals surface area contributed by atoms with Crippen LogP contribution in [0.15, 0.2) is 67.3 Å². The molecule has 2 aromatic carbocycles. The largest absolute Gasteiger partial charge is 0.497 e. The van der Waals surface area contributed by atoms with Gasteiger partial charge in [-0.05, 0) is 29.3 Å². The summed E-state index contributed by atoms with van der Waals surface area (Å²) in [6.45, 7) is 4.05. The molecule has 0 unspecified atom stereocenters. The third-order valence-corrected chi connectivity index (χ3v) is 3.14. The van der Waals surface area contributed by atoms with Crippen molar-refractivity contribution in [3.63, 3.8) is 0 Å². The molecule has 0 atom stereocenters. The van der Waals surface area contributed by atoms with Crippen LogP contribution in [0.3, 0.4) is 0 Å². The number of hydrogen-bond acceptors (Lipinski definition) is 2. The number of nitrogens with one attached hydrogen (secondary N) is 1. The van der Waals surface area contributed by atoms with E-state index < -0.39 is 0 Å². The molecule has 0 saturated carbocycles. The molecule has 0 bridgehead atoms.